The SMILES string of the molecule is OC(c1ccc(F)cc1)c1ccc2c(cnn2-c2ccc(F)cc2)c1. The molecule has 0 saturated carbocycles. The zero-order valence-corrected chi connectivity index (χ0v) is 13.1. The highest BCUT2D eigenvalue weighted by Crippen LogP contribution is 2.26. The topological polar surface area (TPSA) is 38.1 Å². The van der Waals surface area contributed by atoms with E-state index in [9.17, 15) is 13.9 Å². The molecule has 0 saturated heterocycles. The predicted molar refractivity (Wildman–Crippen MR) is 91.5 cm³/mol. The number of hydrogen-bond acceptors (Lipinski definition) is 2. The largest absolute Gasteiger partial charge is 0.384 e. The van der Waals surface area contributed by atoms with Crippen molar-refractivity contribution >= 4 is 10.9 Å². The fourth-order valence-electron chi connectivity index (χ4n) is 2.85. The third kappa shape index (κ3) is 2.90. The number of hydrogen-bond donors (Lipinski definition) is 1. The standard InChI is InChI=1S/C20H14F2N2O/c21-16-4-1-13(2-5-16)20(25)14-3-10-19-15(11-14)12-23-24(19)18-8-6-17(22)7-9-18/h1-12,20,25H. The Kier molecular flexibility index (Phi) is 3.78. The molecule has 25 heavy (non-hydrogen) atoms. The Morgan fingerprint density at radius 2 is 1.40 bits per heavy atom. The van der Waals surface area contributed by atoms with Gasteiger partial charge in [0.1, 0.15) is 17.7 Å². The van der Waals surface area contributed by atoms with Gasteiger partial charge in [0.05, 0.1) is 17.4 Å². The van der Waals surface area contributed by atoms with Crippen molar-refractivity contribution in [3.63, 3.8) is 0 Å². The molecule has 1 atom stereocenters. The van der Waals surface area contributed by atoms with Crippen LogP contribution in [-0.2, 0) is 0 Å². The molecule has 1 N–H and O–H groups in total. The second-order valence-corrected chi connectivity index (χ2v) is 5.81. The molecule has 124 valence electrons. The van der Waals surface area contributed by atoms with Crippen molar-refractivity contribution in [1.82, 2.24) is 9.78 Å². The van der Waals surface area contributed by atoms with E-state index in [1.807, 2.05) is 12.1 Å². The fourth-order valence-corrected chi connectivity index (χ4v) is 2.85. The maximum atomic E-state index is 13.1. The molecule has 0 aliphatic heterocycles. The monoisotopic (exact) mass is 336 g/mol. The zero-order chi connectivity index (χ0) is 17.4. The van der Waals surface area contributed by atoms with Crippen LogP contribution in [0.25, 0.3) is 16.6 Å². The molecule has 1 unspecified atom stereocenters. The molecule has 0 radical (unpaired) electrons. The summed E-state index contributed by atoms with van der Waals surface area (Å²) in [5.41, 5.74) is 2.91. The van der Waals surface area contributed by atoms with Gasteiger partial charge in [-0.05, 0) is 59.7 Å². The van der Waals surface area contributed by atoms with Gasteiger partial charge >= 0.3 is 0 Å². The van der Waals surface area contributed by atoms with Crippen LogP contribution >= 0.6 is 0 Å². The average molecular weight is 336 g/mol. The maximum Gasteiger partial charge on any atom is 0.123 e. The van der Waals surface area contributed by atoms with Crippen LogP contribution in [0, 0.1) is 11.6 Å². The van der Waals surface area contributed by atoms with Gasteiger partial charge in [0.2, 0.25) is 0 Å². The lowest BCUT2D eigenvalue weighted by Gasteiger charge is -2.12. The van der Waals surface area contributed by atoms with Gasteiger partial charge < -0.3 is 5.11 Å². The normalized spacial score (nSPS) is 12.4. The number of nitrogens with zero attached hydrogens (tertiary/aromatic N) is 2. The molecule has 4 rings (SSSR count). The van der Waals surface area contributed by atoms with Crippen molar-refractivity contribution in [2.45, 2.75) is 6.10 Å². The van der Waals surface area contributed by atoms with Crippen LogP contribution in [-0.4, -0.2) is 14.9 Å². The molecule has 1 heterocycles. The third-order valence-corrected chi connectivity index (χ3v) is 4.16. The van der Waals surface area contributed by atoms with E-state index in [1.165, 1.54) is 24.3 Å². The van der Waals surface area contributed by atoms with Crippen molar-refractivity contribution < 1.29 is 13.9 Å². The van der Waals surface area contributed by atoms with Crippen LogP contribution < -0.4 is 0 Å². The summed E-state index contributed by atoms with van der Waals surface area (Å²) in [4.78, 5) is 0. The molecule has 3 aromatic carbocycles. The molecule has 1 aromatic heterocycles. The summed E-state index contributed by atoms with van der Waals surface area (Å²) in [6.07, 6.45) is 0.846. The first-order valence-corrected chi connectivity index (χ1v) is 7.79. The van der Waals surface area contributed by atoms with Crippen LogP contribution in [0.15, 0.2) is 72.9 Å². The molecule has 0 aliphatic carbocycles. The lowest BCUT2D eigenvalue weighted by molar-refractivity contribution is 0.220. The molecule has 0 bridgehead atoms. The van der Waals surface area contributed by atoms with Gasteiger partial charge in [0.25, 0.3) is 0 Å². The molecule has 0 amide bonds. The summed E-state index contributed by atoms with van der Waals surface area (Å²) < 4.78 is 27.8. The average Bonchev–Trinajstić information content (AvgIpc) is 3.05. The molecule has 4 aromatic rings. The second kappa shape index (κ2) is 6.11. The zero-order valence-electron chi connectivity index (χ0n) is 13.1. The predicted octanol–water partition coefficient (Wildman–Crippen LogP) is 4.39. The first-order chi connectivity index (χ1) is 12.1. The van der Waals surface area contributed by atoms with Gasteiger partial charge in [-0.25, -0.2) is 13.5 Å². The van der Waals surface area contributed by atoms with Crippen molar-refractivity contribution in [1.29, 1.82) is 0 Å². The third-order valence-electron chi connectivity index (χ3n) is 4.16. The summed E-state index contributed by atoms with van der Waals surface area (Å²) in [5, 5.41) is 15.7. The highest BCUT2D eigenvalue weighted by Gasteiger charge is 2.13. The van der Waals surface area contributed by atoms with Gasteiger partial charge in [-0.2, -0.15) is 5.10 Å². The number of fused-ring (bicyclic) bond motifs is 1. The van der Waals surface area contributed by atoms with Crippen LogP contribution in [0.2, 0.25) is 0 Å². The van der Waals surface area contributed by atoms with Crippen LogP contribution in [0.5, 0.6) is 0 Å². The minimum absolute atomic E-state index is 0.301. The number of rotatable bonds is 3. The molecular formula is C20H14F2N2O. The number of aromatic nitrogens is 2. The van der Waals surface area contributed by atoms with E-state index >= 15 is 0 Å². The number of aliphatic hydroxyl groups is 1. The Labute approximate surface area is 142 Å². The van der Waals surface area contributed by atoms with E-state index in [0.29, 0.717) is 11.1 Å². The molecule has 0 fully saturated rings. The van der Waals surface area contributed by atoms with E-state index in [4.69, 9.17) is 0 Å². The molecule has 0 spiro atoms. The van der Waals surface area contributed by atoms with E-state index in [2.05, 4.69) is 5.10 Å². The van der Waals surface area contributed by atoms with E-state index in [1.54, 1.807) is 41.2 Å². The number of aliphatic hydroxyl groups excluding tert-OH is 1. The highest BCUT2D eigenvalue weighted by atomic mass is 19.1. The Balaban J connectivity index is 1.72. The van der Waals surface area contributed by atoms with Crippen LogP contribution in [0.1, 0.15) is 17.2 Å². The fraction of sp³-hybridized carbons (Fsp3) is 0.0500. The Morgan fingerprint density at radius 1 is 0.800 bits per heavy atom. The van der Waals surface area contributed by atoms with Crippen LogP contribution in [0.4, 0.5) is 8.78 Å². The quantitative estimate of drug-likeness (QED) is 0.603. The molecule has 3 nitrogen and oxygen atoms in total. The van der Waals surface area contributed by atoms with Gasteiger partial charge in [-0.3, -0.25) is 0 Å². The smallest absolute Gasteiger partial charge is 0.123 e. The van der Waals surface area contributed by atoms with Crippen molar-refractivity contribution in [2.75, 3.05) is 0 Å². The minimum Gasteiger partial charge on any atom is -0.384 e. The molecular weight excluding hydrogens is 322 g/mol. The van der Waals surface area contributed by atoms with Crippen molar-refractivity contribution in [3.05, 3.63) is 95.7 Å². The van der Waals surface area contributed by atoms with Gasteiger partial charge in [0.15, 0.2) is 0 Å². The summed E-state index contributed by atoms with van der Waals surface area (Å²) >= 11 is 0. The first-order valence-electron chi connectivity index (χ1n) is 7.79. The lowest BCUT2D eigenvalue weighted by Crippen LogP contribution is -2.00. The van der Waals surface area contributed by atoms with Gasteiger partial charge in [0, 0.05) is 5.39 Å². The van der Waals surface area contributed by atoms with E-state index < -0.39 is 6.10 Å². The summed E-state index contributed by atoms with van der Waals surface area (Å²) in [5.74, 6) is -0.642. The molecule has 0 aliphatic rings. The van der Waals surface area contributed by atoms with Crippen LogP contribution in [0.3, 0.4) is 0 Å². The van der Waals surface area contributed by atoms with E-state index in [0.717, 1.165) is 16.6 Å². The lowest BCUT2D eigenvalue weighted by atomic mass is 10.0. The van der Waals surface area contributed by atoms with E-state index in [-0.39, 0.29) is 11.6 Å². The Bertz CT molecular complexity index is 1020. The van der Waals surface area contributed by atoms with Crippen molar-refractivity contribution in [3.8, 4) is 5.69 Å². The maximum absolute atomic E-state index is 13.1. The highest BCUT2D eigenvalue weighted by molar-refractivity contribution is 5.81. The number of benzene rings is 3. The summed E-state index contributed by atoms with van der Waals surface area (Å²) in [7, 11) is 0. The Hall–Kier alpha value is -3.05. The Morgan fingerprint density at radius 3 is 2.08 bits per heavy atom. The minimum atomic E-state index is -0.848. The first kappa shape index (κ1) is 15.5. The van der Waals surface area contributed by atoms with Gasteiger partial charge in [-0.1, -0.05) is 18.2 Å². The second-order valence-electron chi connectivity index (χ2n) is 5.81. The molecule has 5 heteroatoms. The number of halogens is 2. The van der Waals surface area contributed by atoms with Gasteiger partial charge in [-0.15, -0.1) is 0 Å². The summed E-state index contributed by atoms with van der Waals surface area (Å²) in [6.45, 7) is 0. The summed E-state index contributed by atoms with van der Waals surface area (Å²) in [6, 6.07) is 17.4. The van der Waals surface area contributed by atoms with Crippen molar-refractivity contribution in [2.24, 2.45) is 0 Å².